The van der Waals surface area contributed by atoms with E-state index in [9.17, 15) is 22.8 Å². The molecule has 0 aliphatic carbocycles. The Morgan fingerprint density at radius 2 is 1.59 bits per heavy atom. The number of halogens is 4. The fourth-order valence-corrected chi connectivity index (χ4v) is 3.41. The maximum absolute atomic E-state index is 12.9. The van der Waals surface area contributed by atoms with Crippen molar-refractivity contribution < 1.29 is 27.5 Å². The first-order chi connectivity index (χ1) is 16.2. The van der Waals surface area contributed by atoms with Gasteiger partial charge in [-0.05, 0) is 61.0 Å². The van der Waals surface area contributed by atoms with E-state index in [0.717, 1.165) is 25.0 Å². The Labute approximate surface area is 203 Å². The van der Waals surface area contributed by atoms with Crippen LogP contribution in [0.25, 0.3) is 0 Å². The third-order valence-corrected chi connectivity index (χ3v) is 5.27. The van der Waals surface area contributed by atoms with Gasteiger partial charge < -0.3 is 15.4 Å². The molecule has 0 unspecified atom stereocenters. The lowest BCUT2D eigenvalue weighted by atomic mass is 10.1. The number of nitrogens with one attached hydrogen (secondary N) is 2. The van der Waals surface area contributed by atoms with Crippen LogP contribution in [0, 0.1) is 0 Å². The van der Waals surface area contributed by atoms with Gasteiger partial charge in [0.05, 0.1) is 17.7 Å². The SMILES string of the molecule is CCCCOc1ccc(Br)cc1C(=O)Nc1cccc(C(=O)Nc2cccc(C(F)(F)F)c2)c1. The van der Waals surface area contributed by atoms with Crippen LogP contribution in [0.15, 0.2) is 71.2 Å². The van der Waals surface area contributed by atoms with Crippen LogP contribution in [0.3, 0.4) is 0 Å². The van der Waals surface area contributed by atoms with Crippen LogP contribution in [-0.2, 0) is 6.18 Å². The van der Waals surface area contributed by atoms with Crippen LogP contribution in [0.2, 0.25) is 0 Å². The number of alkyl halides is 3. The number of unbranched alkanes of at least 4 members (excludes halogenated alkanes) is 1. The van der Waals surface area contributed by atoms with E-state index >= 15 is 0 Å². The lowest BCUT2D eigenvalue weighted by molar-refractivity contribution is -0.137. The van der Waals surface area contributed by atoms with Crippen molar-refractivity contribution in [3.63, 3.8) is 0 Å². The molecule has 2 N–H and O–H groups in total. The molecule has 0 heterocycles. The molecule has 0 saturated heterocycles. The molecule has 0 radical (unpaired) electrons. The predicted molar refractivity (Wildman–Crippen MR) is 128 cm³/mol. The second kappa shape index (κ2) is 11.2. The summed E-state index contributed by atoms with van der Waals surface area (Å²) in [7, 11) is 0. The molecule has 3 aromatic carbocycles. The molecule has 0 aromatic heterocycles. The van der Waals surface area contributed by atoms with Crippen molar-refractivity contribution in [1.82, 2.24) is 0 Å². The van der Waals surface area contributed by atoms with Crippen molar-refractivity contribution in [2.75, 3.05) is 17.2 Å². The van der Waals surface area contributed by atoms with Crippen molar-refractivity contribution in [2.45, 2.75) is 25.9 Å². The smallest absolute Gasteiger partial charge is 0.416 e. The standard InChI is InChI=1S/C25H22BrF3N2O3/c1-2-3-12-34-22-11-10-18(26)15-21(22)24(33)31-19-8-4-6-16(13-19)23(32)30-20-9-5-7-17(14-20)25(27,28)29/h4-11,13-15H,2-3,12H2,1H3,(H,30,32)(H,31,33). The first-order valence-corrected chi connectivity index (χ1v) is 11.3. The summed E-state index contributed by atoms with van der Waals surface area (Å²) >= 11 is 3.35. The monoisotopic (exact) mass is 534 g/mol. The van der Waals surface area contributed by atoms with Gasteiger partial charge in [0, 0.05) is 21.4 Å². The Bertz CT molecular complexity index is 1180. The number of carbonyl (C=O) groups is 2. The first-order valence-electron chi connectivity index (χ1n) is 10.5. The summed E-state index contributed by atoms with van der Waals surface area (Å²) in [4.78, 5) is 25.5. The van der Waals surface area contributed by atoms with E-state index in [1.807, 2.05) is 6.92 Å². The molecule has 0 aliphatic rings. The van der Waals surface area contributed by atoms with E-state index in [-0.39, 0.29) is 11.3 Å². The summed E-state index contributed by atoms with van der Waals surface area (Å²) in [6.45, 7) is 2.51. The number of rotatable bonds is 8. The Kier molecular flexibility index (Phi) is 8.33. The minimum Gasteiger partial charge on any atom is -0.493 e. The van der Waals surface area contributed by atoms with E-state index in [1.54, 1.807) is 30.3 Å². The molecule has 0 spiro atoms. The average molecular weight is 535 g/mol. The summed E-state index contributed by atoms with van der Waals surface area (Å²) in [6.07, 6.45) is -2.72. The van der Waals surface area contributed by atoms with Gasteiger partial charge in [0.15, 0.2) is 0 Å². The van der Waals surface area contributed by atoms with Gasteiger partial charge in [0.1, 0.15) is 5.75 Å². The highest BCUT2D eigenvalue weighted by Crippen LogP contribution is 2.31. The number of anilines is 2. The molecule has 0 aliphatic heterocycles. The molecule has 0 fully saturated rings. The van der Waals surface area contributed by atoms with Crippen LogP contribution in [-0.4, -0.2) is 18.4 Å². The summed E-state index contributed by atoms with van der Waals surface area (Å²) in [5, 5.41) is 5.19. The molecule has 3 rings (SSSR count). The van der Waals surface area contributed by atoms with Crippen molar-refractivity contribution in [1.29, 1.82) is 0 Å². The molecular formula is C25H22BrF3N2O3. The lowest BCUT2D eigenvalue weighted by Crippen LogP contribution is -2.16. The number of benzene rings is 3. The minimum absolute atomic E-state index is 0.0114. The second-order valence-electron chi connectivity index (χ2n) is 7.41. The zero-order chi connectivity index (χ0) is 24.7. The number of hydrogen-bond donors (Lipinski definition) is 2. The maximum Gasteiger partial charge on any atom is 0.416 e. The second-order valence-corrected chi connectivity index (χ2v) is 8.33. The zero-order valence-corrected chi connectivity index (χ0v) is 19.8. The van der Waals surface area contributed by atoms with Crippen molar-refractivity contribution in [3.8, 4) is 5.75 Å². The minimum atomic E-state index is -4.52. The predicted octanol–water partition coefficient (Wildman–Crippen LogP) is 7.15. The van der Waals surface area contributed by atoms with Crippen LogP contribution < -0.4 is 15.4 Å². The Balaban J connectivity index is 1.74. The Hall–Kier alpha value is -3.33. The van der Waals surface area contributed by atoms with Crippen LogP contribution in [0.5, 0.6) is 5.75 Å². The molecule has 9 heteroatoms. The normalized spacial score (nSPS) is 11.1. The number of amides is 2. The van der Waals surface area contributed by atoms with E-state index < -0.39 is 23.6 Å². The van der Waals surface area contributed by atoms with Crippen LogP contribution >= 0.6 is 15.9 Å². The third-order valence-electron chi connectivity index (χ3n) is 4.77. The van der Waals surface area contributed by atoms with E-state index in [2.05, 4.69) is 26.6 Å². The third kappa shape index (κ3) is 6.84. The molecule has 0 atom stereocenters. The van der Waals surface area contributed by atoms with Crippen LogP contribution in [0.1, 0.15) is 46.0 Å². The van der Waals surface area contributed by atoms with Crippen molar-refractivity contribution >= 4 is 39.1 Å². The average Bonchev–Trinajstić information content (AvgIpc) is 2.80. The Morgan fingerprint density at radius 1 is 0.912 bits per heavy atom. The van der Waals surface area contributed by atoms with Crippen molar-refractivity contribution in [3.05, 3.63) is 87.9 Å². The Morgan fingerprint density at radius 3 is 2.29 bits per heavy atom. The summed E-state index contributed by atoms with van der Waals surface area (Å²) in [6, 6.07) is 15.6. The largest absolute Gasteiger partial charge is 0.493 e. The summed E-state index contributed by atoms with van der Waals surface area (Å²) in [5.74, 6) is -0.600. The first kappa shape index (κ1) is 25.3. The summed E-state index contributed by atoms with van der Waals surface area (Å²) < 4.78 is 45.2. The quantitative estimate of drug-likeness (QED) is 0.301. The summed E-state index contributed by atoms with van der Waals surface area (Å²) in [5.41, 5.74) is -0.0103. The molecule has 34 heavy (non-hydrogen) atoms. The molecular weight excluding hydrogens is 513 g/mol. The van der Waals surface area contributed by atoms with E-state index in [4.69, 9.17) is 4.74 Å². The highest BCUT2D eigenvalue weighted by Gasteiger charge is 2.30. The van der Waals surface area contributed by atoms with Gasteiger partial charge in [0.25, 0.3) is 11.8 Å². The highest BCUT2D eigenvalue weighted by molar-refractivity contribution is 9.10. The lowest BCUT2D eigenvalue weighted by Gasteiger charge is -2.13. The molecule has 2 amide bonds. The van der Waals surface area contributed by atoms with Gasteiger partial charge in [-0.15, -0.1) is 0 Å². The molecule has 0 saturated carbocycles. The van der Waals surface area contributed by atoms with Gasteiger partial charge in [0.2, 0.25) is 0 Å². The van der Waals surface area contributed by atoms with Gasteiger partial charge in [-0.1, -0.05) is 41.4 Å². The van der Waals surface area contributed by atoms with Gasteiger partial charge >= 0.3 is 6.18 Å². The van der Waals surface area contributed by atoms with Crippen LogP contribution in [0.4, 0.5) is 24.5 Å². The van der Waals surface area contributed by atoms with Gasteiger partial charge in [-0.3, -0.25) is 9.59 Å². The zero-order valence-electron chi connectivity index (χ0n) is 18.2. The number of carbonyl (C=O) groups excluding carboxylic acids is 2. The molecule has 3 aromatic rings. The number of ether oxygens (including phenoxy) is 1. The van der Waals surface area contributed by atoms with Crippen molar-refractivity contribution in [2.24, 2.45) is 0 Å². The topological polar surface area (TPSA) is 67.4 Å². The maximum atomic E-state index is 12.9. The number of hydrogen-bond acceptors (Lipinski definition) is 3. The highest BCUT2D eigenvalue weighted by atomic mass is 79.9. The van der Waals surface area contributed by atoms with E-state index in [0.29, 0.717) is 28.1 Å². The van der Waals surface area contributed by atoms with E-state index in [1.165, 1.54) is 24.3 Å². The molecule has 0 bridgehead atoms. The molecule has 5 nitrogen and oxygen atoms in total. The molecule has 178 valence electrons. The van der Waals surface area contributed by atoms with Gasteiger partial charge in [-0.25, -0.2) is 0 Å². The fraction of sp³-hybridized carbons (Fsp3) is 0.200. The fourth-order valence-electron chi connectivity index (χ4n) is 3.05. The van der Waals surface area contributed by atoms with Gasteiger partial charge in [-0.2, -0.15) is 13.2 Å².